The van der Waals surface area contributed by atoms with Crippen molar-refractivity contribution in [1.82, 2.24) is 5.32 Å². The highest BCUT2D eigenvalue weighted by atomic mass is 16.1. The van der Waals surface area contributed by atoms with Crippen LogP contribution in [0.25, 0.3) is 0 Å². The molecule has 1 aliphatic carbocycles. The third-order valence-electron chi connectivity index (χ3n) is 4.41. The topological polar surface area (TPSA) is 29.1 Å². The van der Waals surface area contributed by atoms with Crippen molar-refractivity contribution in [3.63, 3.8) is 0 Å². The van der Waals surface area contributed by atoms with E-state index >= 15 is 0 Å². The molecule has 1 aromatic rings. The molecule has 1 unspecified atom stereocenters. The van der Waals surface area contributed by atoms with Gasteiger partial charge in [0, 0.05) is 13.5 Å². The monoisotopic (exact) mass is 259 g/mol. The number of aryl methyl sites for hydroxylation is 1. The van der Waals surface area contributed by atoms with Gasteiger partial charge in [0.2, 0.25) is 5.91 Å². The lowest BCUT2D eigenvalue weighted by molar-refractivity contribution is -0.121. The molecule has 0 spiro atoms. The molecule has 0 radical (unpaired) electrons. The number of benzene rings is 1. The van der Waals surface area contributed by atoms with Crippen LogP contribution >= 0.6 is 0 Å². The van der Waals surface area contributed by atoms with Crippen molar-refractivity contribution < 1.29 is 4.79 Å². The Balaban J connectivity index is 2.17. The lowest BCUT2D eigenvalue weighted by atomic mass is 9.75. The number of rotatable bonds is 4. The van der Waals surface area contributed by atoms with Crippen LogP contribution in [-0.2, 0) is 4.79 Å². The number of nitrogens with one attached hydrogen (secondary N) is 1. The van der Waals surface area contributed by atoms with Gasteiger partial charge in [-0.05, 0) is 37.2 Å². The van der Waals surface area contributed by atoms with Crippen LogP contribution in [0.4, 0.5) is 0 Å². The smallest absolute Gasteiger partial charge is 0.220 e. The fourth-order valence-electron chi connectivity index (χ4n) is 3.21. The molecule has 2 nitrogen and oxygen atoms in total. The fourth-order valence-corrected chi connectivity index (χ4v) is 3.21. The zero-order chi connectivity index (χ0) is 13.7. The Morgan fingerprint density at radius 3 is 2.42 bits per heavy atom. The number of hydrogen-bond donors (Lipinski definition) is 1. The second-order valence-corrected chi connectivity index (χ2v) is 5.79. The molecule has 2 rings (SSSR count). The summed E-state index contributed by atoms with van der Waals surface area (Å²) < 4.78 is 0. The van der Waals surface area contributed by atoms with Crippen molar-refractivity contribution in [2.75, 3.05) is 7.05 Å². The third-order valence-corrected chi connectivity index (χ3v) is 4.41. The highest BCUT2D eigenvalue weighted by Gasteiger charge is 2.26. The molecule has 1 aliphatic rings. The molecule has 0 aromatic heterocycles. The molecule has 1 N–H and O–H groups in total. The van der Waals surface area contributed by atoms with E-state index in [4.69, 9.17) is 0 Å². The lowest BCUT2D eigenvalue weighted by Crippen LogP contribution is -2.25. The zero-order valence-corrected chi connectivity index (χ0v) is 12.1. The van der Waals surface area contributed by atoms with Gasteiger partial charge in [0.25, 0.3) is 0 Å². The Bertz CT molecular complexity index is 404. The predicted molar refractivity (Wildman–Crippen MR) is 79.2 cm³/mol. The first-order valence-electron chi connectivity index (χ1n) is 7.48. The van der Waals surface area contributed by atoms with Gasteiger partial charge >= 0.3 is 0 Å². The molecule has 1 aromatic carbocycles. The second-order valence-electron chi connectivity index (χ2n) is 5.79. The molecular weight excluding hydrogens is 234 g/mol. The molecular formula is C17H25NO. The van der Waals surface area contributed by atoms with Gasteiger partial charge < -0.3 is 5.32 Å². The summed E-state index contributed by atoms with van der Waals surface area (Å²) in [5.74, 6) is 1.23. The molecule has 1 amide bonds. The van der Waals surface area contributed by atoms with E-state index in [1.807, 2.05) is 0 Å². The van der Waals surface area contributed by atoms with Crippen molar-refractivity contribution in [3.8, 4) is 0 Å². The van der Waals surface area contributed by atoms with E-state index in [0.717, 1.165) is 0 Å². The van der Waals surface area contributed by atoms with E-state index in [1.54, 1.807) is 7.05 Å². The largest absolute Gasteiger partial charge is 0.359 e. The van der Waals surface area contributed by atoms with Gasteiger partial charge in [-0.25, -0.2) is 0 Å². The average Bonchev–Trinajstić information content (AvgIpc) is 2.46. The average molecular weight is 259 g/mol. The van der Waals surface area contributed by atoms with Crippen LogP contribution < -0.4 is 5.32 Å². The molecule has 1 saturated carbocycles. The molecule has 0 aliphatic heterocycles. The highest BCUT2D eigenvalue weighted by molar-refractivity contribution is 5.76. The lowest BCUT2D eigenvalue weighted by Gasteiger charge is -2.30. The molecule has 104 valence electrons. The molecule has 1 fully saturated rings. The van der Waals surface area contributed by atoms with E-state index in [-0.39, 0.29) is 5.91 Å². The Morgan fingerprint density at radius 1 is 1.21 bits per heavy atom. The maximum Gasteiger partial charge on any atom is 0.220 e. The van der Waals surface area contributed by atoms with Gasteiger partial charge in [0.1, 0.15) is 0 Å². The first-order chi connectivity index (χ1) is 9.20. The van der Waals surface area contributed by atoms with Gasteiger partial charge in [0.05, 0.1) is 0 Å². The normalized spacial score (nSPS) is 18.0. The second kappa shape index (κ2) is 6.74. The Kier molecular flexibility index (Phi) is 5.00. The van der Waals surface area contributed by atoms with Crippen LogP contribution in [0, 0.1) is 12.8 Å². The summed E-state index contributed by atoms with van der Waals surface area (Å²) in [5.41, 5.74) is 2.62. The van der Waals surface area contributed by atoms with Crippen molar-refractivity contribution >= 4 is 5.91 Å². The van der Waals surface area contributed by atoms with Crippen molar-refractivity contribution in [2.45, 2.75) is 51.4 Å². The van der Waals surface area contributed by atoms with Gasteiger partial charge in [-0.15, -0.1) is 0 Å². The standard InChI is InChI=1S/C17H25NO/c1-13-8-10-15(11-9-13)16(12-17(19)18-2)14-6-4-3-5-7-14/h8-11,14,16H,3-7,12H2,1-2H3,(H,18,19). The van der Waals surface area contributed by atoms with Gasteiger partial charge in [-0.1, -0.05) is 49.1 Å². The number of carbonyl (C=O) groups excluding carboxylic acids is 1. The van der Waals surface area contributed by atoms with Crippen LogP contribution in [0.1, 0.15) is 55.6 Å². The maximum atomic E-state index is 11.8. The fraction of sp³-hybridized carbons (Fsp3) is 0.588. The molecule has 19 heavy (non-hydrogen) atoms. The minimum absolute atomic E-state index is 0.163. The van der Waals surface area contributed by atoms with Gasteiger partial charge in [-0.3, -0.25) is 4.79 Å². The van der Waals surface area contributed by atoms with Crippen LogP contribution in [0.5, 0.6) is 0 Å². The summed E-state index contributed by atoms with van der Waals surface area (Å²) in [4.78, 5) is 11.8. The van der Waals surface area contributed by atoms with E-state index in [9.17, 15) is 4.79 Å². The first kappa shape index (κ1) is 14.1. The van der Waals surface area contributed by atoms with Crippen LogP contribution in [0.3, 0.4) is 0 Å². The number of hydrogen-bond acceptors (Lipinski definition) is 1. The SMILES string of the molecule is CNC(=O)CC(c1ccc(C)cc1)C1CCCCC1. The molecule has 0 heterocycles. The summed E-state index contributed by atoms with van der Waals surface area (Å²) in [6.07, 6.45) is 7.17. The van der Waals surface area contributed by atoms with Crippen LogP contribution in [0.2, 0.25) is 0 Å². The summed E-state index contributed by atoms with van der Waals surface area (Å²) in [6.45, 7) is 2.11. The Hall–Kier alpha value is -1.31. The highest BCUT2D eigenvalue weighted by Crippen LogP contribution is 2.38. The van der Waals surface area contributed by atoms with Crippen LogP contribution in [-0.4, -0.2) is 13.0 Å². The van der Waals surface area contributed by atoms with Gasteiger partial charge in [-0.2, -0.15) is 0 Å². The summed E-state index contributed by atoms with van der Waals surface area (Å²) in [7, 11) is 1.73. The van der Waals surface area contributed by atoms with E-state index in [0.29, 0.717) is 18.3 Å². The quantitative estimate of drug-likeness (QED) is 0.875. The molecule has 0 bridgehead atoms. The van der Waals surface area contributed by atoms with Crippen molar-refractivity contribution in [3.05, 3.63) is 35.4 Å². The van der Waals surface area contributed by atoms with E-state index in [2.05, 4.69) is 36.5 Å². The summed E-state index contributed by atoms with van der Waals surface area (Å²) in [5, 5.41) is 2.78. The summed E-state index contributed by atoms with van der Waals surface area (Å²) in [6, 6.07) is 8.74. The third kappa shape index (κ3) is 3.82. The summed E-state index contributed by atoms with van der Waals surface area (Å²) >= 11 is 0. The van der Waals surface area contributed by atoms with E-state index < -0.39 is 0 Å². The van der Waals surface area contributed by atoms with Crippen molar-refractivity contribution in [2.24, 2.45) is 5.92 Å². The molecule has 2 heteroatoms. The number of carbonyl (C=O) groups is 1. The first-order valence-corrected chi connectivity index (χ1v) is 7.48. The van der Waals surface area contributed by atoms with Crippen LogP contribution in [0.15, 0.2) is 24.3 Å². The zero-order valence-electron chi connectivity index (χ0n) is 12.1. The minimum atomic E-state index is 0.163. The maximum absolute atomic E-state index is 11.8. The van der Waals surface area contributed by atoms with Crippen molar-refractivity contribution in [1.29, 1.82) is 0 Å². The predicted octanol–water partition coefficient (Wildman–Crippen LogP) is 3.80. The minimum Gasteiger partial charge on any atom is -0.359 e. The molecule has 0 saturated heterocycles. The molecule has 1 atom stereocenters. The van der Waals surface area contributed by atoms with Gasteiger partial charge in [0.15, 0.2) is 0 Å². The van der Waals surface area contributed by atoms with E-state index in [1.165, 1.54) is 43.2 Å². The number of amides is 1. The Morgan fingerprint density at radius 2 is 1.84 bits per heavy atom. The Labute approximate surface area is 116 Å².